The Kier molecular flexibility index (Phi) is 7.47. The lowest BCUT2D eigenvalue weighted by Crippen LogP contribution is -2.50. The molecule has 0 aliphatic heterocycles. The summed E-state index contributed by atoms with van der Waals surface area (Å²) in [5.74, 6) is -0.839. The van der Waals surface area contributed by atoms with E-state index in [0.717, 1.165) is 0 Å². The first-order chi connectivity index (χ1) is 7.86. The van der Waals surface area contributed by atoms with Gasteiger partial charge < -0.3 is 20.8 Å². The fraction of sp³-hybridized carbons (Fsp3) is 0.778. The second kappa shape index (κ2) is 8.02. The number of carboxylic acids is 1. The van der Waals surface area contributed by atoms with Gasteiger partial charge in [0.1, 0.15) is 0 Å². The van der Waals surface area contributed by atoms with Gasteiger partial charge in [-0.15, -0.1) is 0 Å². The molecule has 3 atom stereocenters. The summed E-state index contributed by atoms with van der Waals surface area (Å²) in [5.41, 5.74) is 0. The van der Waals surface area contributed by atoms with Gasteiger partial charge in [0.05, 0.1) is 6.61 Å². The van der Waals surface area contributed by atoms with E-state index in [0.29, 0.717) is 12.2 Å². The molecule has 0 aromatic rings. The number of urea groups is 1. The Morgan fingerprint density at radius 2 is 1.94 bits per heavy atom. The molecule has 0 radical (unpaired) electrons. The molecule has 0 rings (SSSR count). The number of hydrogen-bond donors (Lipinski definition) is 4. The van der Waals surface area contributed by atoms with Crippen LogP contribution in [0.3, 0.4) is 0 Å². The quantitative estimate of drug-likeness (QED) is 0.466. The van der Waals surface area contributed by atoms with Gasteiger partial charge in [0.2, 0.25) is 0 Å². The molecule has 7 nitrogen and oxygen atoms in total. The summed E-state index contributed by atoms with van der Waals surface area (Å²) >= 11 is 0. The van der Waals surface area contributed by atoms with Crippen LogP contribution in [0.25, 0.3) is 0 Å². The predicted octanol–water partition coefficient (Wildman–Crippen LogP) is -1.11. The molecule has 0 saturated carbocycles. The minimum Gasteiger partial charge on any atom is -0.480 e. The zero-order valence-electron chi connectivity index (χ0n) is 9.80. The summed E-state index contributed by atoms with van der Waals surface area (Å²) in [6.45, 7) is 1.05. The zero-order chi connectivity index (χ0) is 13.4. The SMILES string of the molecule is CC(CCS(C)=O)NC(=O)NC(CO)C(=O)O. The van der Waals surface area contributed by atoms with Crippen LogP contribution in [-0.4, -0.2) is 57.1 Å². The third-order valence-electron chi connectivity index (χ3n) is 2.00. The van der Waals surface area contributed by atoms with Crippen LogP contribution in [0.4, 0.5) is 4.79 Å². The Morgan fingerprint density at radius 1 is 1.35 bits per heavy atom. The van der Waals surface area contributed by atoms with Crippen LogP contribution in [0, 0.1) is 0 Å². The van der Waals surface area contributed by atoms with Gasteiger partial charge in [-0.1, -0.05) is 0 Å². The molecule has 0 saturated heterocycles. The van der Waals surface area contributed by atoms with Crippen molar-refractivity contribution in [3.63, 3.8) is 0 Å². The number of rotatable bonds is 7. The number of hydrogen-bond acceptors (Lipinski definition) is 4. The van der Waals surface area contributed by atoms with Gasteiger partial charge in [-0.3, -0.25) is 4.21 Å². The standard InChI is InChI=1S/C9H18N2O5S/c1-6(3-4-17(2)16)10-9(15)11-7(5-12)8(13)14/h6-7,12H,3-5H2,1-2H3,(H,13,14)(H2,10,11,15). The van der Waals surface area contributed by atoms with Crippen LogP contribution in [0.5, 0.6) is 0 Å². The molecule has 4 N–H and O–H groups in total. The topological polar surface area (TPSA) is 116 Å². The zero-order valence-corrected chi connectivity index (χ0v) is 10.6. The minimum atomic E-state index is -1.32. The Hall–Kier alpha value is -1.15. The van der Waals surface area contributed by atoms with Crippen LogP contribution in [-0.2, 0) is 15.6 Å². The normalized spacial score (nSPS) is 15.7. The molecule has 0 aromatic carbocycles. The molecule has 0 aliphatic carbocycles. The van der Waals surface area contributed by atoms with Crippen LogP contribution < -0.4 is 10.6 Å². The van der Waals surface area contributed by atoms with Crippen molar-refractivity contribution in [1.82, 2.24) is 10.6 Å². The van der Waals surface area contributed by atoms with Crippen molar-refractivity contribution in [1.29, 1.82) is 0 Å². The lowest BCUT2D eigenvalue weighted by Gasteiger charge is -2.16. The maximum atomic E-state index is 11.3. The van der Waals surface area contributed by atoms with Crippen molar-refractivity contribution in [3.8, 4) is 0 Å². The molecular formula is C9H18N2O5S. The van der Waals surface area contributed by atoms with E-state index in [1.807, 2.05) is 0 Å². The first-order valence-corrected chi connectivity index (χ1v) is 6.80. The number of aliphatic hydroxyl groups excluding tert-OH is 1. The van der Waals surface area contributed by atoms with E-state index in [2.05, 4.69) is 10.6 Å². The highest BCUT2D eigenvalue weighted by Crippen LogP contribution is 1.93. The Balaban J connectivity index is 3.99. The summed E-state index contributed by atoms with van der Waals surface area (Å²) < 4.78 is 10.8. The molecule has 3 unspecified atom stereocenters. The van der Waals surface area contributed by atoms with Crippen LogP contribution in [0.1, 0.15) is 13.3 Å². The molecule has 100 valence electrons. The van der Waals surface area contributed by atoms with E-state index >= 15 is 0 Å². The van der Waals surface area contributed by atoms with Gasteiger partial charge in [-0.05, 0) is 13.3 Å². The number of amides is 2. The van der Waals surface area contributed by atoms with E-state index in [-0.39, 0.29) is 6.04 Å². The van der Waals surface area contributed by atoms with Crippen LogP contribution in [0.2, 0.25) is 0 Å². The molecule has 0 fully saturated rings. The monoisotopic (exact) mass is 266 g/mol. The summed E-state index contributed by atoms with van der Waals surface area (Å²) in [7, 11) is -0.926. The first kappa shape index (κ1) is 15.9. The van der Waals surface area contributed by atoms with Crippen molar-refractivity contribution in [2.75, 3.05) is 18.6 Å². The van der Waals surface area contributed by atoms with E-state index < -0.39 is 35.4 Å². The van der Waals surface area contributed by atoms with Gasteiger partial charge in [-0.2, -0.15) is 0 Å². The lowest BCUT2D eigenvalue weighted by atomic mass is 10.2. The van der Waals surface area contributed by atoms with Crippen molar-refractivity contribution in [3.05, 3.63) is 0 Å². The maximum Gasteiger partial charge on any atom is 0.328 e. The number of carbonyl (C=O) groups is 2. The Labute approximate surface area is 102 Å². The van der Waals surface area contributed by atoms with Gasteiger partial charge in [0, 0.05) is 28.9 Å². The Morgan fingerprint density at radius 3 is 2.35 bits per heavy atom. The molecule has 0 bridgehead atoms. The van der Waals surface area contributed by atoms with Gasteiger partial charge >= 0.3 is 12.0 Å². The second-order valence-electron chi connectivity index (χ2n) is 3.66. The molecule has 0 aromatic heterocycles. The highest BCUT2D eigenvalue weighted by atomic mass is 32.2. The molecule has 0 aliphatic rings. The summed E-state index contributed by atoms with van der Waals surface area (Å²) in [6.07, 6.45) is 2.10. The fourth-order valence-corrected chi connectivity index (χ4v) is 1.71. The van der Waals surface area contributed by atoms with Gasteiger partial charge in [0.25, 0.3) is 0 Å². The van der Waals surface area contributed by atoms with E-state index in [1.165, 1.54) is 0 Å². The average molecular weight is 266 g/mol. The lowest BCUT2D eigenvalue weighted by molar-refractivity contribution is -0.140. The highest BCUT2D eigenvalue weighted by Gasteiger charge is 2.19. The van der Waals surface area contributed by atoms with Crippen LogP contribution in [0.15, 0.2) is 0 Å². The Bertz CT molecular complexity index is 297. The van der Waals surface area contributed by atoms with Crippen molar-refractivity contribution in [2.45, 2.75) is 25.4 Å². The summed E-state index contributed by atoms with van der Waals surface area (Å²) in [6, 6.07) is -2.20. The average Bonchev–Trinajstić information content (AvgIpc) is 2.22. The smallest absolute Gasteiger partial charge is 0.328 e. The molecule has 2 amide bonds. The third kappa shape index (κ3) is 7.70. The molecular weight excluding hydrogens is 248 g/mol. The van der Waals surface area contributed by atoms with Crippen molar-refractivity contribution >= 4 is 22.8 Å². The molecule has 0 spiro atoms. The number of aliphatic carboxylic acids is 1. The van der Waals surface area contributed by atoms with Gasteiger partial charge in [-0.25, -0.2) is 9.59 Å². The first-order valence-electron chi connectivity index (χ1n) is 5.07. The van der Waals surface area contributed by atoms with Crippen molar-refractivity contribution < 1.29 is 24.0 Å². The molecule has 17 heavy (non-hydrogen) atoms. The van der Waals surface area contributed by atoms with Crippen LogP contribution >= 0.6 is 0 Å². The second-order valence-corrected chi connectivity index (χ2v) is 5.21. The maximum absolute atomic E-state index is 11.3. The number of carbonyl (C=O) groups excluding carboxylic acids is 1. The van der Waals surface area contributed by atoms with Crippen molar-refractivity contribution in [2.24, 2.45) is 0 Å². The third-order valence-corrected chi connectivity index (χ3v) is 2.81. The summed E-state index contributed by atoms with van der Waals surface area (Å²) in [5, 5.41) is 21.9. The van der Waals surface area contributed by atoms with Gasteiger partial charge in [0.15, 0.2) is 6.04 Å². The van der Waals surface area contributed by atoms with E-state index in [1.54, 1.807) is 13.2 Å². The molecule has 8 heteroatoms. The summed E-state index contributed by atoms with van der Waals surface area (Å²) in [4.78, 5) is 21.8. The minimum absolute atomic E-state index is 0.216. The number of carboxylic acid groups (broad SMARTS) is 1. The molecule has 0 heterocycles. The van der Waals surface area contributed by atoms with E-state index in [9.17, 15) is 13.8 Å². The number of aliphatic hydroxyl groups is 1. The number of nitrogens with one attached hydrogen (secondary N) is 2. The predicted molar refractivity (Wildman–Crippen MR) is 63.2 cm³/mol. The largest absolute Gasteiger partial charge is 0.480 e. The highest BCUT2D eigenvalue weighted by molar-refractivity contribution is 7.84. The fourth-order valence-electron chi connectivity index (χ4n) is 1.02. The van der Waals surface area contributed by atoms with E-state index in [4.69, 9.17) is 10.2 Å².